The van der Waals surface area contributed by atoms with Gasteiger partial charge in [-0.1, -0.05) is 53.0 Å². The van der Waals surface area contributed by atoms with E-state index in [-0.39, 0.29) is 12.5 Å². The first kappa shape index (κ1) is 19.5. The lowest BCUT2D eigenvalue weighted by Gasteiger charge is -2.04. The number of benzene rings is 2. The summed E-state index contributed by atoms with van der Waals surface area (Å²) in [6, 6.07) is 15.3. The smallest absolute Gasteiger partial charge is 0.245 e. The van der Waals surface area contributed by atoms with Crippen LogP contribution in [0.1, 0.15) is 11.1 Å². The zero-order valence-corrected chi connectivity index (χ0v) is 14.8. The molecular weight excluding hydrogens is 333 g/mol. The van der Waals surface area contributed by atoms with Crippen LogP contribution in [0.15, 0.2) is 48.5 Å². The van der Waals surface area contributed by atoms with Crippen LogP contribution in [0.25, 0.3) is 0 Å². The van der Waals surface area contributed by atoms with Crippen molar-refractivity contribution >= 4 is 29.1 Å². The Labute approximate surface area is 147 Å². The molecular formula is C18H21Cl2NO2. The topological polar surface area (TPSA) is 38.3 Å². The summed E-state index contributed by atoms with van der Waals surface area (Å²) in [7, 11) is 1.50. The molecule has 0 aliphatic heterocycles. The molecule has 2 rings (SSSR count). The quantitative estimate of drug-likeness (QED) is 0.870. The van der Waals surface area contributed by atoms with Gasteiger partial charge in [0.1, 0.15) is 6.61 Å². The summed E-state index contributed by atoms with van der Waals surface area (Å²) in [6.45, 7) is 2.76. The van der Waals surface area contributed by atoms with Crippen molar-refractivity contribution in [1.29, 1.82) is 0 Å². The molecule has 0 atom stereocenters. The normalized spacial score (nSPS) is 9.74. The Morgan fingerprint density at radius 3 is 2.00 bits per heavy atom. The molecule has 0 aliphatic carbocycles. The predicted octanol–water partition coefficient (Wildman–Crippen LogP) is 4.29. The predicted molar refractivity (Wildman–Crippen MR) is 96.2 cm³/mol. The van der Waals surface area contributed by atoms with E-state index in [0.717, 1.165) is 22.0 Å². The lowest BCUT2D eigenvalue weighted by atomic mass is 10.1. The van der Waals surface area contributed by atoms with Gasteiger partial charge in [-0.25, -0.2) is 0 Å². The molecule has 124 valence electrons. The molecule has 3 nitrogen and oxygen atoms in total. The number of hydrogen-bond donors (Lipinski definition) is 1. The van der Waals surface area contributed by atoms with Gasteiger partial charge in [-0.05, 0) is 43.2 Å². The van der Waals surface area contributed by atoms with Crippen LogP contribution in [-0.2, 0) is 16.0 Å². The maximum Gasteiger partial charge on any atom is 0.245 e. The lowest BCUT2D eigenvalue weighted by molar-refractivity contribution is -0.124. The van der Waals surface area contributed by atoms with Crippen LogP contribution < -0.4 is 5.32 Å². The minimum absolute atomic E-state index is 0.0912. The highest BCUT2D eigenvalue weighted by molar-refractivity contribution is 6.30. The Bertz CT molecular complexity index is 562. The van der Waals surface area contributed by atoms with Crippen LogP contribution in [0.3, 0.4) is 0 Å². The van der Waals surface area contributed by atoms with Crippen molar-refractivity contribution in [1.82, 2.24) is 5.32 Å². The van der Waals surface area contributed by atoms with Crippen LogP contribution in [-0.4, -0.2) is 26.2 Å². The highest BCUT2D eigenvalue weighted by atomic mass is 35.5. The average Bonchev–Trinajstić information content (AvgIpc) is 2.53. The summed E-state index contributed by atoms with van der Waals surface area (Å²) < 4.78 is 4.69. The van der Waals surface area contributed by atoms with E-state index < -0.39 is 0 Å². The second kappa shape index (κ2) is 11.1. The van der Waals surface area contributed by atoms with Gasteiger partial charge in [-0.15, -0.1) is 0 Å². The van der Waals surface area contributed by atoms with E-state index in [1.165, 1.54) is 12.7 Å². The molecule has 5 heteroatoms. The van der Waals surface area contributed by atoms with Crippen molar-refractivity contribution in [3.8, 4) is 0 Å². The van der Waals surface area contributed by atoms with E-state index in [4.69, 9.17) is 27.9 Å². The van der Waals surface area contributed by atoms with Crippen LogP contribution in [0, 0.1) is 6.92 Å². The molecule has 2 aromatic rings. The fourth-order valence-electron chi connectivity index (χ4n) is 1.71. The van der Waals surface area contributed by atoms with E-state index in [0.29, 0.717) is 6.54 Å². The molecule has 0 unspecified atom stereocenters. The minimum atomic E-state index is -0.0912. The van der Waals surface area contributed by atoms with Gasteiger partial charge in [0.2, 0.25) is 5.91 Å². The van der Waals surface area contributed by atoms with Crippen LogP contribution in [0.2, 0.25) is 10.0 Å². The molecule has 0 bridgehead atoms. The molecule has 0 spiro atoms. The number of amides is 1. The molecule has 0 aromatic heterocycles. The summed E-state index contributed by atoms with van der Waals surface area (Å²) in [5, 5.41) is 4.28. The van der Waals surface area contributed by atoms with E-state index in [9.17, 15) is 4.79 Å². The fraction of sp³-hybridized carbons (Fsp3) is 0.278. The van der Waals surface area contributed by atoms with Crippen molar-refractivity contribution in [2.75, 3.05) is 20.3 Å². The summed E-state index contributed by atoms with van der Waals surface area (Å²) >= 11 is 11.4. The van der Waals surface area contributed by atoms with Crippen LogP contribution >= 0.6 is 23.2 Å². The summed E-state index contributed by atoms with van der Waals surface area (Å²) in [6.07, 6.45) is 0.798. The number of carbonyl (C=O) groups is 1. The largest absolute Gasteiger partial charge is 0.375 e. The molecule has 1 N–H and O–H groups in total. The Hall–Kier alpha value is -1.55. The van der Waals surface area contributed by atoms with Gasteiger partial charge in [0.25, 0.3) is 0 Å². The van der Waals surface area contributed by atoms with Crippen molar-refractivity contribution in [3.05, 3.63) is 69.7 Å². The highest BCUT2D eigenvalue weighted by Gasteiger charge is 1.99. The van der Waals surface area contributed by atoms with Crippen molar-refractivity contribution in [2.24, 2.45) is 0 Å². The molecule has 0 fully saturated rings. The third-order valence-corrected chi connectivity index (χ3v) is 3.44. The number of halogens is 2. The first-order valence-corrected chi connectivity index (χ1v) is 7.99. The van der Waals surface area contributed by atoms with E-state index in [2.05, 4.69) is 5.32 Å². The van der Waals surface area contributed by atoms with Crippen molar-refractivity contribution < 1.29 is 9.53 Å². The number of carbonyl (C=O) groups excluding carboxylic acids is 1. The molecule has 0 heterocycles. The summed E-state index contributed by atoms with van der Waals surface area (Å²) in [5.41, 5.74) is 2.39. The molecule has 0 saturated heterocycles. The third kappa shape index (κ3) is 9.24. The van der Waals surface area contributed by atoms with Crippen LogP contribution in [0.4, 0.5) is 0 Å². The number of aryl methyl sites for hydroxylation is 1. The number of hydrogen-bond acceptors (Lipinski definition) is 2. The third-order valence-electron chi connectivity index (χ3n) is 2.94. The SMILES string of the molecule is COCC(=O)NCCc1ccc(Cl)cc1.Cc1ccc(Cl)cc1. The maximum atomic E-state index is 11.0. The molecule has 2 aromatic carbocycles. The highest BCUT2D eigenvalue weighted by Crippen LogP contribution is 2.09. The molecule has 0 radical (unpaired) electrons. The van der Waals surface area contributed by atoms with Crippen LogP contribution in [0.5, 0.6) is 0 Å². The van der Waals surface area contributed by atoms with Gasteiger partial charge in [0.05, 0.1) is 0 Å². The van der Waals surface area contributed by atoms with Crippen molar-refractivity contribution in [2.45, 2.75) is 13.3 Å². The van der Waals surface area contributed by atoms with E-state index in [1.54, 1.807) is 0 Å². The Kier molecular flexibility index (Phi) is 9.37. The molecule has 1 amide bonds. The fourth-order valence-corrected chi connectivity index (χ4v) is 1.96. The van der Waals surface area contributed by atoms with Crippen molar-refractivity contribution in [3.63, 3.8) is 0 Å². The van der Waals surface area contributed by atoms with Gasteiger partial charge in [0.15, 0.2) is 0 Å². The first-order chi connectivity index (χ1) is 11.0. The minimum Gasteiger partial charge on any atom is -0.375 e. The number of nitrogens with one attached hydrogen (secondary N) is 1. The first-order valence-electron chi connectivity index (χ1n) is 7.23. The van der Waals surface area contributed by atoms with Gasteiger partial charge in [-0.2, -0.15) is 0 Å². The number of ether oxygens (including phenoxy) is 1. The van der Waals surface area contributed by atoms with E-state index >= 15 is 0 Å². The van der Waals surface area contributed by atoms with E-state index in [1.807, 2.05) is 55.5 Å². The zero-order chi connectivity index (χ0) is 17.1. The number of methoxy groups -OCH3 is 1. The number of rotatable bonds is 5. The Morgan fingerprint density at radius 2 is 1.52 bits per heavy atom. The van der Waals surface area contributed by atoms with Gasteiger partial charge in [0, 0.05) is 23.7 Å². The summed E-state index contributed by atoms with van der Waals surface area (Å²) in [5.74, 6) is -0.0912. The van der Waals surface area contributed by atoms with Gasteiger partial charge >= 0.3 is 0 Å². The zero-order valence-electron chi connectivity index (χ0n) is 13.3. The molecule has 0 aliphatic rings. The summed E-state index contributed by atoms with van der Waals surface area (Å²) in [4.78, 5) is 11.0. The maximum absolute atomic E-state index is 11.0. The Balaban J connectivity index is 0.000000277. The second-order valence-corrected chi connectivity index (χ2v) is 5.83. The van der Waals surface area contributed by atoms with Gasteiger partial charge < -0.3 is 10.1 Å². The average molecular weight is 354 g/mol. The lowest BCUT2D eigenvalue weighted by Crippen LogP contribution is -2.28. The molecule has 23 heavy (non-hydrogen) atoms. The monoisotopic (exact) mass is 353 g/mol. The second-order valence-electron chi connectivity index (χ2n) is 4.96. The Morgan fingerprint density at radius 1 is 1.00 bits per heavy atom. The molecule has 0 saturated carbocycles. The standard InChI is InChI=1S/C11H14ClNO2.C7H7Cl/c1-15-8-11(14)13-7-6-9-2-4-10(12)5-3-9;1-6-2-4-7(8)5-3-6/h2-5H,6-8H2,1H3,(H,13,14);2-5H,1H3. The van der Waals surface area contributed by atoms with Gasteiger partial charge in [-0.3, -0.25) is 4.79 Å².